The first-order valence-electron chi connectivity index (χ1n) is 10.5. The zero-order valence-corrected chi connectivity index (χ0v) is 16.9. The van der Waals surface area contributed by atoms with Gasteiger partial charge in [0.05, 0.1) is 5.56 Å². The lowest BCUT2D eigenvalue weighted by Gasteiger charge is -2.36. The summed E-state index contributed by atoms with van der Waals surface area (Å²) in [4.78, 5) is 30.3. The molecule has 6 nitrogen and oxygen atoms in total. The van der Waals surface area contributed by atoms with Crippen molar-refractivity contribution in [2.75, 3.05) is 11.5 Å². The zero-order chi connectivity index (χ0) is 21.4. The average molecular weight is 414 g/mol. The normalized spacial score (nSPS) is 15.0. The minimum atomic E-state index is -1.05. The lowest BCUT2D eigenvalue weighted by molar-refractivity contribution is 0.0696. The summed E-state index contributed by atoms with van der Waals surface area (Å²) in [5, 5.41) is 9.31. The van der Waals surface area contributed by atoms with Crippen LogP contribution >= 0.6 is 0 Å². The minimum Gasteiger partial charge on any atom is -0.478 e. The number of carbonyl (C=O) groups is 2. The van der Waals surface area contributed by atoms with Crippen molar-refractivity contribution in [1.29, 1.82) is 0 Å². The van der Waals surface area contributed by atoms with Gasteiger partial charge in [-0.15, -0.1) is 0 Å². The third kappa shape index (κ3) is 3.44. The highest BCUT2D eigenvalue weighted by Gasteiger charge is 2.34. The van der Waals surface area contributed by atoms with Crippen molar-refractivity contribution >= 4 is 17.9 Å². The van der Waals surface area contributed by atoms with Crippen LogP contribution in [0.15, 0.2) is 66.9 Å². The number of rotatable bonds is 5. The number of aromatic nitrogens is 1. The van der Waals surface area contributed by atoms with Crippen molar-refractivity contribution in [3.8, 4) is 11.1 Å². The molecule has 1 aromatic heterocycles. The molecule has 1 fully saturated rings. The van der Waals surface area contributed by atoms with Gasteiger partial charge in [0.2, 0.25) is 0 Å². The van der Waals surface area contributed by atoms with E-state index >= 15 is 0 Å². The molecule has 1 heterocycles. The van der Waals surface area contributed by atoms with Crippen LogP contribution in [0.5, 0.6) is 0 Å². The summed E-state index contributed by atoms with van der Waals surface area (Å²) in [7, 11) is 0. The largest absolute Gasteiger partial charge is 0.478 e. The average Bonchev–Trinajstić information content (AvgIpc) is 3.08. The Balaban J connectivity index is 1.40. The van der Waals surface area contributed by atoms with Crippen LogP contribution in [-0.2, 0) is 4.74 Å². The summed E-state index contributed by atoms with van der Waals surface area (Å²) in [6, 6.07) is 19.2. The number of carbonyl (C=O) groups excluding carboxylic acids is 1. The molecule has 0 saturated heterocycles. The molecule has 31 heavy (non-hydrogen) atoms. The van der Waals surface area contributed by atoms with Crippen LogP contribution < -0.4 is 4.90 Å². The van der Waals surface area contributed by atoms with Crippen LogP contribution in [0.2, 0.25) is 0 Å². The van der Waals surface area contributed by atoms with Gasteiger partial charge in [-0.2, -0.15) is 0 Å². The smallest absolute Gasteiger partial charge is 0.415 e. The van der Waals surface area contributed by atoms with Crippen LogP contribution in [0.1, 0.15) is 46.7 Å². The Hall–Kier alpha value is -3.67. The number of pyridine rings is 1. The van der Waals surface area contributed by atoms with E-state index in [0.29, 0.717) is 5.82 Å². The SMILES string of the molecule is O=C(O)c1ccnc(N(C(=O)OCC2c3ccccc3-c3ccccc32)C2CCC2)c1. The second kappa shape index (κ2) is 7.87. The fraction of sp³-hybridized carbons (Fsp3) is 0.240. The predicted octanol–water partition coefficient (Wildman–Crippen LogP) is 5.09. The molecule has 1 amide bonds. The first-order valence-corrected chi connectivity index (χ1v) is 10.5. The Kier molecular flexibility index (Phi) is 4.90. The fourth-order valence-electron chi connectivity index (χ4n) is 4.42. The predicted molar refractivity (Wildman–Crippen MR) is 116 cm³/mol. The van der Waals surface area contributed by atoms with E-state index in [1.807, 2.05) is 24.3 Å². The van der Waals surface area contributed by atoms with E-state index in [1.54, 1.807) is 0 Å². The Morgan fingerprint density at radius 3 is 2.23 bits per heavy atom. The number of carboxylic acid groups (broad SMARTS) is 1. The Bertz CT molecular complexity index is 1110. The first-order chi connectivity index (χ1) is 15.1. The van der Waals surface area contributed by atoms with Gasteiger partial charge >= 0.3 is 12.1 Å². The fourth-order valence-corrected chi connectivity index (χ4v) is 4.42. The molecule has 156 valence electrons. The quantitative estimate of drug-likeness (QED) is 0.629. The molecule has 5 rings (SSSR count). The van der Waals surface area contributed by atoms with Crippen molar-refractivity contribution in [3.63, 3.8) is 0 Å². The standard InChI is InChI=1S/C25H22N2O4/c28-24(29)16-12-13-26-23(14-16)27(17-6-5-7-17)25(30)31-15-22-20-10-3-1-8-18(20)19-9-2-4-11-21(19)22/h1-4,8-14,17,22H,5-7,15H2,(H,28,29). The van der Waals surface area contributed by atoms with Crippen molar-refractivity contribution in [3.05, 3.63) is 83.6 Å². The molecule has 0 atom stereocenters. The summed E-state index contributed by atoms with van der Waals surface area (Å²) in [6.07, 6.45) is 3.66. The zero-order valence-electron chi connectivity index (χ0n) is 16.9. The highest BCUT2D eigenvalue weighted by Crippen LogP contribution is 2.44. The molecule has 2 aliphatic carbocycles. The van der Waals surface area contributed by atoms with E-state index in [1.165, 1.54) is 34.4 Å². The molecule has 6 heteroatoms. The third-order valence-corrected chi connectivity index (χ3v) is 6.21. The molecule has 2 aromatic carbocycles. The molecule has 0 radical (unpaired) electrons. The number of aromatic carboxylic acids is 1. The van der Waals surface area contributed by atoms with Gasteiger partial charge < -0.3 is 9.84 Å². The molecular formula is C25H22N2O4. The van der Waals surface area contributed by atoms with Crippen molar-refractivity contribution in [2.45, 2.75) is 31.2 Å². The maximum absolute atomic E-state index is 13.2. The number of benzene rings is 2. The van der Waals surface area contributed by atoms with Gasteiger partial charge in [0.25, 0.3) is 0 Å². The van der Waals surface area contributed by atoms with Gasteiger partial charge in [0, 0.05) is 18.2 Å². The van der Waals surface area contributed by atoms with Gasteiger partial charge in [-0.3, -0.25) is 4.90 Å². The molecule has 0 aliphatic heterocycles. The lowest BCUT2D eigenvalue weighted by Crippen LogP contribution is -2.45. The molecule has 0 unspecified atom stereocenters. The molecule has 1 saturated carbocycles. The van der Waals surface area contributed by atoms with Crippen molar-refractivity contribution < 1.29 is 19.4 Å². The van der Waals surface area contributed by atoms with E-state index in [2.05, 4.69) is 29.2 Å². The highest BCUT2D eigenvalue weighted by atomic mass is 16.6. The third-order valence-electron chi connectivity index (χ3n) is 6.21. The summed E-state index contributed by atoms with van der Waals surface area (Å²) >= 11 is 0. The van der Waals surface area contributed by atoms with Gasteiger partial charge in [0.1, 0.15) is 12.4 Å². The van der Waals surface area contributed by atoms with Gasteiger partial charge in [-0.1, -0.05) is 48.5 Å². The van der Waals surface area contributed by atoms with E-state index in [0.717, 1.165) is 30.4 Å². The Labute approximate surface area is 180 Å². The van der Waals surface area contributed by atoms with E-state index in [4.69, 9.17) is 4.74 Å². The van der Waals surface area contributed by atoms with Gasteiger partial charge in [-0.05, 0) is 53.6 Å². The minimum absolute atomic E-state index is 0.0211. The summed E-state index contributed by atoms with van der Waals surface area (Å²) < 4.78 is 5.81. The lowest BCUT2D eigenvalue weighted by atomic mass is 9.91. The summed E-state index contributed by atoms with van der Waals surface area (Å²) in [6.45, 7) is 0.217. The number of fused-ring (bicyclic) bond motifs is 3. The highest BCUT2D eigenvalue weighted by molar-refractivity contribution is 5.92. The van der Waals surface area contributed by atoms with Crippen LogP contribution in [-0.4, -0.2) is 34.8 Å². The number of nitrogens with zero attached hydrogens (tertiary/aromatic N) is 2. The van der Waals surface area contributed by atoms with Gasteiger partial charge in [0.15, 0.2) is 0 Å². The van der Waals surface area contributed by atoms with E-state index in [9.17, 15) is 14.7 Å². The molecule has 1 N–H and O–H groups in total. The van der Waals surface area contributed by atoms with Crippen LogP contribution in [0.3, 0.4) is 0 Å². The number of ether oxygens (including phenoxy) is 1. The van der Waals surface area contributed by atoms with Crippen molar-refractivity contribution in [1.82, 2.24) is 4.98 Å². The van der Waals surface area contributed by atoms with Crippen LogP contribution in [0.4, 0.5) is 10.6 Å². The summed E-state index contributed by atoms with van der Waals surface area (Å²) in [5.74, 6) is -0.760. The number of amides is 1. The van der Waals surface area contributed by atoms with E-state index < -0.39 is 12.1 Å². The number of hydrogen-bond acceptors (Lipinski definition) is 4. The maximum atomic E-state index is 13.2. The molecule has 0 bridgehead atoms. The number of hydrogen-bond donors (Lipinski definition) is 1. The monoisotopic (exact) mass is 414 g/mol. The Morgan fingerprint density at radius 2 is 1.65 bits per heavy atom. The maximum Gasteiger partial charge on any atom is 0.415 e. The second-order valence-corrected chi connectivity index (χ2v) is 7.97. The van der Waals surface area contributed by atoms with Crippen molar-refractivity contribution in [2.24, 2.45) is 0 Å². The van der Waals surface area contributed by atoms with E-state index in [-0.39, 0.29) is 24.1 Å². The first kappa shape index (κ1) is 19.3. The topological polar surface area (TPSA) is 79.7 Å². The molecule has 0 spiro atoms. The molecular weight excluding hydrogens is 392 g/mol. The van der Waals surface area contributed by atoms with Crippen LogP contribution in [0.25, 0.3) is 11.1 Å². The van der Waals surface area contributed by atoms with Gasteiger partial charge in [-0.25, -0.2) is 14.6 Å². The molecule has 3 aromatic rings. The second-order valence-electron chi connectivity index (χ2n) is 7.97. The van der Waals surface area contributed by atoms with Crippen LogP contribution in [0, 0.1) is 0 Å². The number of carboxylic acids is 1. The number of anilines is 1. The Morgan fingerprint density at radius 1 is 1.00 bits per heavy atom. The summed E-state index contributed by atoms with van der Waals surface area (Å²) in [5.41, 5.74) is 4.74. The molecule has 2 aliphatic rings.